The molecule has 0 aromatic rings. The van der Waals surface area contributed by atoms with Crippen LogP contribution in [0.5, 0.6) is 0 Å². The van der Waals surface area contributed by atoms with Crippen molar-refractivity contribution in [2.45, 2.75) is 121 Å². The van der Waals surface area contributed by atoms with Crippen LogP contribution in [0.1, 0.15) is 90.4 Å². The van der Waals surface area contributed by atoms with Crippen LogP contribution in [0.4, 0.5) is 0 Å². The Morgan fingerprint density at radius 1 is 0.630 bits per heavy atom. The Morgan fingerprint density at radius 2 is 1.11 bits per heavy atom. The Bertz CT molecular complexity index is 341. The zero-order chi connectivity index (χ0) is 19.9. The first kappa shape index (κ1) is 24.8. The van der Waals surface area contributed by atoms with Gasteiger partial charge in [-0.25, -0.2) is 0 Å². The van der Waals surface area contributed by atoms with Gasteiger partial charge in [0.15, 0.2) is 6.29 Å². The molecule has 6 heteroatoms. The van der Waals surface area contributed by atoms with Crippen LogP contribution in [0.15, 0.2) is 0 Å². The summed E-state index contributed by atoms with van der Waals surface area (Å²) in [5.74, 6) is 0. The van der Waals surface area contributed by atoms with E-state index >= 15 is 0 Å². The minimum absolute atomic E-state index is 0.0975. The summed E-state index contributed by atoms with van der Waals surface area (Å²) >= 11 is 0. The Balaban J connectivity index is 1.85. The molecule has 0 amide bonds. The zero-order valence-corrected chi connectivity index (χ0v) is 17.1. The Hall–Kier alpha value is -0.240. The highest BCUT2D eigenvalue weighted by molar-refractivity contribution is 4.88. The third kappa shape index (κ3) is 10.8. The van der Waals surface area contributed by atoms with E-state index in [1.165, 1.54) is 70.6 Å². The molecule has 0 unspecified atom stereocenters. The standard InChI is InChI=1S/C21H42O6/c1-2-3-4-5-6-7-8-9-10-11-12-13-14-15-26-16-17-18(22)19(23)20(24)21(25)27-17/h17-25H,2-16H2,1H3/t17-,18+,19+,20-,21+/m1/s1. The van der Waals surface area contributed by atoms with E-state index in [0.29, 0.717) is 6.61 Å². The number of aliphatic hydroxyl groups is 4. The summed E-state index contributed by atoms with van der Waals surface area (Å²) in [4.78, 5) is 0. The van der Waals surface area contributed by atoms with E-state index < -0.39 is 30.7 Å². The van der Waals surface area contributed by atoms with Crippen molar-refractivity contribution >= 4 is 0 Å². The van der Waals surface area contributed by atoms with Crippen LogP contribution in [0, 0.1) is 0 Å². The van der Waals surface area contributed by atoms with Crippen LogP contribution < -0.4 is 0 Å². The van der Waals surface area contributed by atoms with E-state index in [4.69, 9.17) is 9.47 Å². The van der Waals surface area contributed by atoms with Gasteiger partial charge in [-0.05, 0) is 6.42 Å². The first-order valence-electron chi connectivity index (χ1n) is 11.0. The zero-order valence-electron chi connectivity index (χ0n) is 17.1. The van der Waals surface area contributed by atoms with Crippen LogP contribution >= 0.6 is 0 Å². The molecule has 1 aliphatic rings. The minimum Gasteiger partial charge on any atom is -0.387 e. The van der Waals surface area contributed by atoms with Crippen molar-refractivity contribution in [3.05, 3.63) is 0 Å². The Labute approximate surface area is 164 Å². The van der Waals surface area contributed by atoms with Crippen LogP contribution in [0.3, 0.4) is 0 Å². The molecule has 0 spiro atoms. The van der Waals surface area contributed by atoms with Gasteiger partial charge in [0.1, 0.15) is 24.4 Å². The predicted octanol–water partition coefficient (Wildman–Crippen LogP) is 2.89. The normalized spacial score (nSPS) is 28.6. The van der Waals surface area contributed by atoms with Gasteiger partial charge < -0.3 is 29.9 Å². The molecule has 0 aromatic carbocycles. The van der Waals surface area contributed by atoms with Gasteiger partial charge in [-0.1, -0.05) is 84.0 Å². The lowest BCUT2D eigenvalue weighted by Gasteiger charge is -2.38. The van der Waals surface area contributed by atoms with Gasteiger partial charge in [0.25, 0.3) is 0 Å². The summed E-state index contributed by atoms with van der Waals surface area (Å²) in [5, 5.41) is 38.3. The summed E-state index contributed by atoms with van der Waals surface area (Å²) in [6.45, 7) is 2.92. The first-order chi connectivity index (χ1) is 13.1. The summed E-state index contributed by atoms with van der Waals surface area (Å²) in [7, 11) is 0. The van der Waals surface area contributed by atoms with Crippen LogP contribution in [-0.2, 0) is 9.47 Å². The van der Waals surface area contributed by atoms with Crippen molar-refractivity contribution in [3.8, 4) is 0 Å². The second-order valence-electron chi connectivity index (χ2n) is 7.85. The van der Waals surface area contributed by atoms with E-state index in [2.05, 4.69) is 6.92 Å². The molecule has 1 heterocycles. The third-order valence-electron chi connectivity index (χ3n) is 5.36. The Morgan fingerprint density at radius 3 is 1.63 bits per heavy atom. The van der Waals surface area contributed by atoms with E-state index in [0.717, 1.165) is 12.8 Å². The molecular weight excluding hydrogens is 348 g/mol. The quantitative estimate of drug-likeness (QED) is 0.303. The van der Waals surface area contributed by atoms with E-state index in [1.54, 1.807) is 0 Å². The fourth-order valence-corrected chi connectivity index (χ4v) is 3.49. The van der Waals surface area contributed by atoms with Crippen molar-refractivity contribution < 1.29 is 29.9 Å². The van der Waals surface area contributed by atoms with Gasteiger partial charge in [0, 0.05) is 6.61 Å². The number of ether oxygens (including phenoxy) is 2. The third-order valence-corrected chi connectivity index (χ3v) is 5.36. The van der Waals surface area contributed by atoms with Gasteiger partial charge >= 0.3 is 0 Å². The second-order valence-corrected chi connectivity index (χ2v) is 7.85. The number of hydrogen-bond donors (Lipinski definition) is 4. The topological polar surface area (TPSA) is 99.4 Å². The van der Waals surface area contributed by atoms with Gasteiger partial charge in [-0.15, -0.1) is 0 Å². The lowest BCUT2D eigenvalue weighted by atomic mass is 9.99. The molecule has 0 bridgehead atoms. The molecule has 0 radical (unpaired) electrons. The average Bonchev–Trinajstić information content (AvgIpc) is 2.67. The smallest absolute Gasteiger partial charge is 0.184 e. The van der Waals surface area contributed by atoms with Gasteiger partial charge in [-0.3, -0.25) is 0 Å². The molecular formula is C21H42O6. The molecule has 0 saturated carbocycles. The van der Waals surface area contributed by atoms with Crippen molar-refractivity contribution in [2.24, 2.45) is 0 Å². The Kier molecular flexibility index (Phi) is 14.4. The van der Waals surface area contributed by atoms with Crippen LogP contribution in [0.25, 0.3) is 0 Å². The largest absolute Gasteiger partial charge is 0.387 e. The predicted molar refractivity (Wildman–Crippen MR) is 105 cm³/mol. The van der Waals surface area contributed by atoms with Gasteiger partial charge in [0.05, 0.1) is 6.61 Å². The monoisotopic (exact) mass is 390 g/mol. The van der Waals surface area contributed by atoms with Crippen molar-refractivity contribution in [3.63, 3.8) is 0 Å². The lowest BCUT2D eigenvalue weighted by molar-refractivity contribution is -0.288. The molecule has 162 valence electrons. The van der Waals surface area contributed by atoms with E-state index in [-0.39, 0.29) is 6.61 Å². The molecule has 0 aliphatic carbocycles. The molecule has 1 fully saturated rings. The fraction of sp³-hybridized carbons (Fsp3) is 1.00. The summed E-state index contributed by atoms with van der Waals surface area (Å²) < 4.78 is 10.6. The number of hydrogen-bond acceptors (Lipinski definition) is 6. The minimum atomic E-state index is -1.49. The molecule has 27 heavy (non-hydrogen) atoms. The molecule has 4 N–H and O–H groups in total. The summed E-state index contributed by atoms with van der Waals surface area (Å²) in [6, 6.07) is 0. The highest BCUT2D eigenvalue weighted by Crippen LogP contribution is 2.20. The molecule has 5 atom stereocenters. The van der Waals surface area contributed by atoms with Crippen LogP contribution in [-0.4, -0.2) is 64.3 Å². The second kappa shape index (κ2) is 15.7. The average molecular weight is 391 g/mol. The number of rotatable bonds is 16. The van der Waals surface area contributed by atoms with E-state index in [1.807, 2.05) is 0 Å². The van der Waals surface area contributed by atoms with E-state index in [9.17, 15) is 20.4 Å². The molecule has 1 aliphatic heterocycles. The highest BCUT2D eigenvalue weighted by atomic mass is 16.6. The molecule has 0 aromatic heterocycles. The number of unbranched alkanes of at least 4 members (excludes halogenated alkanes) is 12. The lowest BCUT2D eigenvalue weighted by Crippen LogP contribution is -2.58. The fourth-order valence-electron chi connectivity index (χ4n) is 3.49. The van der Waals surface area contributed by atoms with Crippen molar-refractivity contribution in [1.82, 2.24) is 0 Å². The van der Waals surface area contributed by atoms with Crippen molar-refractivity contribution in [1.29, 1.82) is 0 Å². The number of aliphatic hydroxyl groups excluding tert-OH is 4. The summed E-state index contributed by atoms with van der Waals surface area (Å²) in [6.07, 6.45) is 10.4. The molecule has 1 saturated heterocycles. The van der Waals surface area contributed by atoms with Gasteiger partial charge in [0.2, 0.25) is 0 Å². The highest BCUT2D eigenvalue weighted by Gasteiger charge is 2.42. The maximum absolute atomic E-state index is 9.81. The summed E-state index contributed by atoms with van der Waals surface area (Å²) in [5.41, 5.74) is 0. The first-order valence-corrected chi connectivity index (χ1v) is 11.0. The SMILES string of the molecule is CCCCCCCCCCCCCCCOC[C@H]1O[C@H](O)[C@H](O)[C@@H](O)[C@H]1O. The molecule has 6 nitrogen and oxygen atoms in total. The maximum Gasteiger partial charge on any atom is 0.184 e. The van der Waals surface area contributed by atoms with Gasteiger partial charge in [-0.2, -0.15) is 0 Å². The molecule has 1 rings (SSSR count). The maximum atomic E-state index is 9.81. The van der Waals surface area contributed by atoms with Crippen molar-refractivity contribution in [2.75, 3.05) is 13.2 Å². The van der Waals surface area contributed by atoms with Crippen LogP contribution in [0.2, 0.25) is 0 Å².